The zero-order valence-electron chi connectivity index (χ0n) is 9.52. The Morgan fingerprint density at radius 1 is 1.47 bits per heavy atom. The highest BCUT2D eigenvalue weighted by Gasteiger charge is 2.28. The van der Waals surface area contributed by atoms with Crippen LogP contribution in [0.25, 0.3) is 0 Å². The molecule has 100 valence electrons. The first-order valence-electron chi connectivity index (χ1n) is 5.25. The number of amidine groups is 1. The first kappa shape index (κ1) is 14.2. The van der Waals surface area contributed by atoms with Crippen molar-refractivity contribution in [1.82, 2.24) is 0 Å². The molecule has 0 fully saturated rings. The van der Waals surface area contributed by atoms with Crippen molar-refractivity contribution in [2.45, 2.75) is 11.7 Å². The second-order valence-corrected chi connectivity index (χ2v) is 5.83. The lowest BCUT2D eigenvalue weighted by Gasteiger charge is -2.18. The van der Waals surface area contributed by atoms with Crippen LogP contribution in [0.2, 0.25) is 10.0 Å². The molecular weight excluding hydrogens is 309 g/mol. The summed E-state index contributed by atoms with van der Waals surface area (Å²) in [5, 5.41) is 2.93. The summed E-state index contributed by atoms with van der Waals surface area (Å²) >= 11 is 12.8. The van der Waals surface area contributed by atoms with Gasteiger partial charge in [0, 0.05) is 5.02 Å². The van der Waals surface area contributed by atoms with E-state index in [9.17, 15) is 9.59 Å². The van der Waals surface area contributed by atoms with Crippen molar-refractivity contribution in [2.24, 2.45) is 10.7 Å². The summed E-state index contributed by atoms with van der Waals surface area (Å²) in [7, 11) is 0. The lowest BCUT2D eigenvalue weighted by Crippen LogP contribution is -2.33. The van der Waals surface area contributed by atoms with Crippen LogP contribution in [0, 0.1) is 0 Å². The minimum atomic E-state index is -0.600. The molecule has 0 saturated carbocycles. The van der Waals surface area contributed by atoms with Gasteiger partial charge in [-0.1, -0.05) is 35.0 Å². The number of anilines is 1. The second-order valence-electron chi connectivity index (χ2n) is 3.77. The van der Waals surface area contributed by atoms with Gasteiger partial charge in [0.1, 0.15) is 5.25 Å². The molecule has 0 unspecified atom stereocenters. The number of hydrogen-bond acceptors (Lipinski definition) is 4. The number of hydrogen-bond donors (Lipinski definition) is 2. The third kappa shape index (κ3) is 3.62. The van der Waals surface area contributed by atoms with E-state index in [-0.39, 0.29) is 17.5 Å². The lowest BCUT2D eigenvalue weighted by molar-refractivity contribution is -0.121. The molecule has 0 aliphatic carbocycles. The number of halogens is 2. The van der Waals surface area contributed by atoms with Gasteiger partial charge in [-0.2, -0.15) is 4.99 Å². The van der Waals surface area contributed by atoms with Gasteiger partial charge in [0.15, 0.2) is 5.17 Å². The number of amides is 2. The van der Waals surface area contributed by atoms with Crippen LogP contribution in [-0.2, 0) is 9.59 Å². The van der Waals surface area contributed by atoms with Gasteiger partial charge in [0.25, 0.3) is 0 Å². The normalized spacial score (nSPS) is 18.9. The Balaban J connectivity index is 2.09. The van der Waals surface area contributed by atoms with Crippen molar-refractivity contribution < 1.29 is 9.59 Å². The van der Waals surface area contributed by atoms with Gasteiger partial charge in [0.2, 0.25) is 11.8 Å². The van der Waals surface area contributed by atoms with Crippen LogP contribution < -0.4 is 11.1 Å². The van der Waals surface area contributed by atoms with E-state index in [1.807, 2.05) is 0 Å². The molecule has 1 aliphatic heterocycles. The molecule has 2 rings (SSSR count). The van der Waals surface area contributed by atoms with Crippen LogP contribution >= 0.6 is 35.0 Å². The maximum atomic E-state index is 12.0. The SMILES string of the molecule is NC1=NC(=O)C[C@H](C(=O)Nc2ccc(Cl)cc2Cl)S1. The van der Waals surface area contributed by atoms with Crippen molar-refractivity contribution in [2.75, 3.05) is 5.32 Å². The highest BCUT2D eigenvalue weighted by Crippen LogP contribution is 2.27. The molecule has 5 nitrogen and oxygen atoms in total. The molecular formula is C11H9Cl2N3O2S. The summed E-state index contributed by atoms with van der Waals surface area (Å²) in [4.78, 5) is 26.8. The number of carbonyl (C=O) groups is 2. The van der Waals surface area contributed by atoms with Crippen molar-refractivity contribution in [3.63, 3.8) is 0 Å². The Labute approximate surface area is 123 Å². The quantitative estimate of drug-likeness (QED) is 0.876. The molecule has 1 aliphatic rings. The first-order valence-corrected chi connectivity index (χ1v) is 6.89. The number of nitrogens with zero attached hydrogens (tertiary/aromatic N) is 1. The maximum absolute atomic E-state index is 12.0. The molecule has 0 radical (unpaired) electrons. The molecule has 0 spiro atoms. The number of carbonyl (C=O) groups excluding carboxylic acids is 2. The summed E-state index contributed by atoms with van der Waals surface area (Å²) in [6, 6.07) is 4.72. The van der Waals surface area contributed by atoms with Gasteiger partial charge in [0.05, 0.1) is 17.1 Å². The summed E-state index contributed by atoms with van der Waals surface area (Å²) < 4.78 is 0. The fourth-order valence-electron chi connectivity index (χ4n) is 1.49. The number of rotatable bonds is 2. The summed E-state index contributed by atoms with van der Waals surface area (Å²) in [6.07, 6.45) is 0.0163. The molecule has 3 N–H and O–H groups in total. The Hall–Kier alpha value is -1.24. The minimum Gasteiger partial charge on any atom is -0.378 e. The Bertz CT molecular complexity index is 577. The molecule has 0 aromatic heterocycles. The molecule has 1 atom stereocenters. The van der Waals surface area contributed by atoms with E-state index in [2.05, 4.69) is 10.3 Å². The average Bonchev–Trinajstić information content (AvgIpc) is 2.31. The standard InChI is InChI=1S/C11H9Cl2N3O2S/c12-5-1-2-7(6(13)3-5)15-10(18)8-4-9(17)16-11(14)19-8/h1-3,8H,4H2,(H,15,18)(H2,14,16,17)/t8-/m1/s1. The van der Waals surface area contributed by atoms with Crippen LogP contribution in [0.5, 0.6) is 0 Å². The highest BCUT2D eigenvalue weighted by molar-refractivity contribution is 8.15. The van der Waals surface area contributed by atoms with E-state index < -0.39 is 11.2 Å². The number of benzene rings is 1. The van der Waals surface area contributed by atoms with Gasteiger partial charge in [-0.05, 0) is 18.2 Å². The average molecular weight is 318 g/mol. The maximum Gasteiger partial charge on any atom is 0.249 e. The fourth-order valence-corrected chi connectivity index (χ4v) is 2.78. The monoisotopic (exact) mass is 317 g/mol. The number of thioether (sulfide) groups is 1. The predicted molar refractivity (Wildman–Crippen MR) is 77.7 cm³/mol. The molecule has 1 aromatic carbocycles. The zero-order chi connectivity index (χ0) is 14.0. The van der Waals surface area contributed by atoms with Crippen molar-refractivity contribution >= 4 is 57.6 Å². The molecule has 2 amide bonds. The zero-order valence-corrected chi connectivity index (χ0v) is 11.9. The van der Waals surface area contributed by atoms with E-state index in [4.69, 9.17) is 28.9 Å². The molecule has 8 heteroatoms. The topological polar surface area (TPSA) is 84.5 Å². The van der Waals surface area contributed by atoms with E-state index >= 15 is 0 Å². The molecule has 0 bridgehead atoms. The molecule has 19 heavy (non-hydrogen) atoms. The van der Waals surface area contributed by atoms with Crippen molar-refractivity contribution in [1.29, 1.82) is 0 Å². The summed E-state index contributed by atoms with van der Waals surface area (Å²) in [5.74, 6) is -0.751. The Morgan fingerprint density at radius 3 is 2.84 bits per heavy atom. The van der Waals surface area contributed by atoms with Crippen LogP contribution in [0.15, 0.2) is 23.2 Å². The molecule has 0 saturated heterocycles. The van der Waals surface area contributed by atoms with Gasteiger partial charge < -0.3 is 11.1 Å². The van der Waals surface area contributed by atoms with E-state index in [1.165, 1.54) is 6.07 Å². The van der Waals surface area contributed by atoms with Crippen LogP contribution in [0.1, 0.15) is 6.42 Å². The largest absolute Gasteiger partial charge is 0.378 e. The fraction of sp³-hybridized carbons (Fsp3) is 0.182. The molecule has 1 aromatic rings. The Morgan fingerprint density at radius 2 is 2.21 bits per heavy atom. The van der Waals surface area contributed by atoms with Crippen molar-refractivity contribution in [3.8, 4) is 0 Å². The third-order valence-electron chi connectivity index (χ3n) is 2.34. The number of nitrogens with one attached hydrogen (secondary N) is 1. The van der Waals surface area contributed by atoms with Gasteiger partial charge in [-0.3, -0.25) is 9.59 Å². The smallest absolute Gasteiger partial charge is 0.249 e. The minimum absolute atomic E-state index is 0.0163. The molecule has 1 heterocycles. The number of aliphatic imine (C=N–C) groups is 1. The van der Waals surface area contributed by atoms with Crippen LogP contribution in [-0.4, -0.2) is 22.2 Å². The van der Waals surface area contributed by atoms with Gasteiger partial charge >= 0.3 is 0 Å². The summed E-state index contributed by atoms with van der Waals surface area (Å²) in [5.41, 5.74) is 5.90. The van der Waals surface area contributed by atoms with Crippen molar-refractivity contribution in [3.05, 3.63) is 28.2 Å². The predicted octanol–water partition coefficient (Wildman–Crippen LogP) is 2.28. The summed E-state index contributed by atoms with van der Waals surface area (Å²) in [6.45, 7) is 0. The first-order chi connectivity index (χ1) is 8.95. The van der Waals surface area contributed by atoms with E-state index in [0.717, 1.165) is 11.8 Å². The Kier molecular flexibility index (Phi) is 4.34. The third-order valence-corrected chi connectivity index (χ3v) is 3.89. The van der Waals surface area contributed by atoms with E-state index in [1.54, 1.807) is 12.1 Å². The highest BCUT2D eigenvalue weighted by atomic mass is 35.5. The number of nitrogens with two attached hydrogens (primary N) is 1. The van der Waals surface area contributed by atoms with Gasteiger partial charge in [-0.15, -0.1) is 0 Å². The van der Waals surface area contributed by atoms with Crippen LogP contribution in [0.3, 0.4) is 0 Å². The lowest BCUT2D eigenvalue weighted by atomic mass is 10.2. The van der Waals surface area contributed by atoms with Gasteiger partial charge in [-0.25, -0.2) is 0 Å². The van der Waals surface area contributed by atoms with E-state index in [0.29, 0.717) is 15.7 Å². The van der Waals surface area contributed by atoms with Crippen LogP contribution in [0.4, 0.5) is 5.69 Å². The second kappa shape index (κ2) is 5.81.